The largest absolute Gasteiger partial charge is 0.309 e. The van der Waals surface area contributed by atoms with Crippen LogP contribution in [0.2, 0.25) is 0 Å². The van der Waals surface area contributed by atoms with Crippen molar-refractivity contribution in [1.82, 2.24) is 4.57 Å². The second kappa shape index (κ2) is 9.05. The van der Waals surface area contributed by atoms with Crippen molar-refractivity contribution < 1.29 is 0 Å². The SMILES string of the molecule is C/C=C/c1ccc2c3ccc(-c4ccc(-c5ccccc5Br)cc4)cc3n(-c3ccccc3)c2c1. The molecule has 1 nitrogen and oxygen atoms in total. The third-order valence-electron chi connectivity index (χ3n) is 6.57. The molecule has 0 saturated heterocycles. The van der Waals surface area contributed by atoms with Crippen LogP contribution in [0, 0.1) is 0 Å². The Morgan fingerprint density at radius 3 is 1.97 bits per heavy atom. The van der Waals surface area contributed by atoms with E-state index < -0.39 is 0 Å². The second-order valence-electron chi connectivity index (χ2n) is 8.74. The molecule has 0 bridgehead atoms. The van der Waals surface area contributed by atoms with Crippen LogP contribution in [0.3, 0.4) is 0 Å². The fourth-order valence-electron chi connectivity index (χ4n) is 4.90. The third kappa shape index (κ3) is 3.90. The Kier molecular flexibility index (Phi) is 5.60. The number of fused-ring (bicyclic) bond motifs is 3. The second-order valence-corrected chi connectivity index (χ2v) is 9.59. The Bertz CT molecular complexity index is 1690. The number of para-hydroxylation sites is 1. The standard InChI is InChI=1S/C33H24BrN/c1-2-8-23-13-19-29-30-20-18-26(22-33(30)35(32(29)21-23)27-9-4-3-5-10-27)24-14-16-25(17-15-24)28-11-6-7-12-31(28)34/h2-22H,1H3/b8-2+. The van der Waals surface area contributed by atoms with Gasteiger partial charge in [-0.3, -0.25) is 0 Å². The van der Waals surface area contributed by atoms with Crippen molar-refractivity contribution in [3.63, 3.8) is 0 Å². The molecular weight excluding hydrogens is 490 g/mol. The first kappa shape index (κ1) is 21.6. The smallest absolute Gasteiger partial charge is 0.0547 e. The Morgan fingerprint density at radius 1 is 0.600 bits per heavy atom. The maximum atomic E-state index is 3.68. The van der Waals surface area contributed by atoms with Crippen LogP contribution in [0.5, 0.6) is 0 Å². The van der Waals surface area contributed by atoms with Crippen molar-refractivity contribution in [3.8, 4) is 27.9 Å². The highest BCUT2D eigenvalue weighted by atomic mass is 79.9. The summed E-state index contributed by atoms with van der Waals surface area (Å²) in [4.78, 5) is 0. The molecule has 0 radical (unpaired) electrons. The zero-order valence-corrected chi connectivity index (χ0v) is 21.0. The van der Waals surface area contributed by atoms with Crippen molar-refractivity contribution >= 4 is 43.8 Å². The topological polar surface area (TPSA) is 4.93 Å². The summed E-state index contributed by atoms with van der Waals surface area (Å²) in [5.74, 6) is 0. The highest BCUT2D eigenvalue weighted by Gasteiger charge is 2.14. The summed E-state index contributed by atoms with van der Waals surface area (Å²) in [6.07, 6.45) is 4.25. The Morgan fingerprint density at radius 2 is 1.23 bits per heavy atom. The van der Waals surface area contributed by atoms with E-state index >= 15 is 0 Å². The van der Waals surface area contributed by atoms with E-state index in [0.717, 1.165) is 4.47 Å². The quantitative estimate of drug-likeness (QED) is 0.221. The first-order valence-corrected chi connectivity index (χ1v) is 12.6. The van der Waals surface area contributed by atoms with Crippen molar-refractivity contribution in [2.24, 2.45) is 0 Å². The third-order valence-corrected chi connectivity index (χ3v) is 7.26. The van der Waals surface area contributed by atoms with Gasteiger partial charge < -0.3 is 4.57 Å². The number of rotatable bonds is 4. The van der Waals surface area contributed by atoms with Crippen LogP contribution in [0.25, 0.3) is 55.8 Å². The fraction of sp³-hybridized carbons (Fsp3) is 0.0303. The minimum Gasteiger partial charge on any atom is -0.309 e. The van der Waals surface area contributed by atoms with Crippen molar-refractivity contribution in [2.45, 2.75) is 6.92 Å². The molecule has 6 aromatic rings. The number of benzene rings is 5. The van der Waals surface area contributed by atoms with E-state index in [-0.39, 0.29) is 0 Å². The minimum absolute atomic E-state index is 1.11. The summed E-state index contributed by atoms with van der Waals surface area (Å²) < 4.78 is 3.50. The Labute approximate surface area is 214 Å². The molecule has 0 amide bonds. The molecule has 0 aliphatic rings. The monoisotopic (exact) mass is 513 g/mol. The lowest BCUT2D eigenvalue weighted by molar-refractivity contribution is 1.18. The van der Waals surface area contributed by atoms with Gasteiger partial charge >= 0.3 is 0 Å². The van der Waals surface area contributed by atoms with Crippen LogP contribution in [0.4, 0.5) is 0 Å². The van der Waals surface area contributed by atoms with Crippen LogP contribution in [0.1, 0.15) is 12.5 Å². The molecule has 0 fully saturated rings. The molecule has 5 aromatic carbocycles. The number of nitrogens with zero attached hydrogens (tertiary/aromatic N) is 1. The maximum absolute atomic E-state index is 3.68. The van der Waals surface area contributed by atoms with E-state index in [2.05, 4.69) is 149 Å². The lowest BCUT2D eigenvalue weighted by Gasteiger charge is -2.10. The normalized spacial score (nSPS) is 11.6. The van der Waals surface area contributed by atoms with Gasteiger partial charge in [-0.15, -0.1) is 0 Å². The molecule has 0 unspecified atom stereocenters. The van der Waals surface area contributed by atoms with Gasteiger partial charge in [-0.2, -0.15) is 0 Å². The number of hydrogen-bond donors (Lipinski definition) is 0. The molecule has 0 N–H and O–H groups in total. The summed E-state index contributed by atoms with van der Waals surface area (Å²) in [6.45, 7) is 2.06. The van der Waals surface area contributed by atoms with E-state index in [1.807, 2.05) is 6.07 Å². The molecule has 0 saturated carbocycles. The van der Waals surface area contributed by atoms with Gasteiger partial charge in [0.05, 0.1) is 11.0 Å². The summed E-state index contributed by atoms with van der Waals surface area (Å²) in [5.41, 5.74) is 9.66. The summed E-state index contributed by atoms with van der Waals surface area (Å²) in [6, 6.07) is 41.4. The van der Waals surface area contributed by atoms with E-state index in [9.17, 15) is 0 Å². The minimum atomic E-state index is 1.11. The van der Waals surface area contributed by atoms with Crippen LogP contribution in [0.15, 0.2) is 126 Å². The maximum Gasteiger partial charge on any atom is 0.0547 e. The van der Waals surface area contributed by atoms with E-state index in [0.29, 0.717) is 0 Å². The van der Waals surface area contributed by atoms with Crippen LogP contribution < -0.4 is 0 Å². The van der Waals surface area contributed by atoms with Crippen molar-refractivity contribution in [2.75, 3.05) is 0 Å². The lowest BCUT2D eigenvalue weighted by Crippen LogP contribution is -1.93. The number of halogens is 1. The van der Waals surface area contributed by atoms with E-state index in [1.165, 1.54) is 55.3 Å². The average Bonchev–Trinajstić information content (AvgIpc) is 3.22. The van der Waals surface area contributed by atoms with Crippen LogP contribution in [-0.2, 0) is 0 Å². The molecule has 35 heavy (non-hydrogen) atoms. The van der Waals surface area contributed by atoms with Crippen molar-refractivity contribution in [3.05, 3.63) is 131 Å². The average molecular weight is 514 g/mol. The molecule has 0 spiro atoms. The summed E-state index contributed by atoms with van der Waals surface area (Å²) in [7, 11) is 0. The zero-order valence-electron chi connectivity index (χ0n) is 19.4. The highest BCUT2D eigenvalue weighted by Crippen LogP contribution is 2.36. The number of allylic oxidation sites excluding steroid dienone is 1. The van der Waals surface area contributed by atoms with Crippen molar-refractivity contribution in [1.29, 1.82) is 0 Å². The molecular formula is C33H24BrN. The van der Waals surface area contributed by atoms with Gasteiger partial charge in [-0.25, -0.2) is 0 Å². The first-order chi connectivity index (χ1) is 17.2. The van der Waals surface area contributed by atoms with Gasteiger partial charge in [0.2, 0.25) is 0 Å². The molecule has 6 rings (SSSR count). The zero-order chi connectivity index (χ0) is 23.8. The van der Waals surface area contributed by atoms with E-state index in [4.69, 9.17) is 0 Å². The molecule has 1 aromatic heterocycles. The lowest BCUT2D eigenvalue weighted by atomic mass is 9.99. The highest BCUT2D eigenvalue weighted by molar-refractivity contribution is 9.10. The van der Waals surface area contributed by atoms with Gasteiger partial charge in [0, 0.05) is 20.9 Å². The Balaban J connectivity index is 1.53. The summed E-state index contributed by atoms with van der Waals surface area (Å²) in [5, 5.41) is 2.54. The van der Waals surface area contributed by atoms with Gasteiger partial charge in [-0.1, -0.05) is 113 Å². The van der Waals surface area contributed by atoms with E-state index in [1.54, 1.807) is 0 Å². The molecule has 2 heteroatoms. The Hall–Kier alpha value is -3.88. The van der Waals surface area contributed by atoms with Gasteiger partial charge in [0.1, 0.15) is 0 Å². The molecule has 168 valence electrons. The molecule has 0 aliphatic carbocycles. The van der Waals surface area contributed by atoms with Gasteiger partial charge in [0.15, 0.2) is 0 Å². The molecule has 1 heterocycles. The van der Waals surface area contributed by atoms with Crippen LogP contribution >= 0.6 is 15.9 Å². The van der Waals surface area contributed by atoms with Crippen LogP contribution in [-0.4, -0.2) is 4.57 Å². The molecule has 0 aliphatic heterocycles. The summed E-state index contributed by atoms with van der Waals surface area (Å²) >= 11 is 3.68. The predicted octanol–water partition coefficient (Wildman–Crippen LogP) is 9.91. The number of hydrogen-bond acceptors (Lipinski definition) is 0. The molecule has 0 atom stereocenters. The van der Waals surface area contributed by atoms with Gasteiger partial charge in [-0.05, 0) is 65.1 Å². The van der Waals surface area contributed by atoms with Gasteiger partial charge in [0.25, 0.3) is 0 Å². The fourth-order valence-corrected chi connectivity index (χ4v) is 5.42. The first-order valence-electron chi connectivity index (χ1n) is 11.8. The number of aromatic nitrogens is 1. The predicted molar refractivity (Wildman–Crippen MR) is 154 cm³/mol.